The zero-order valence-corrected chi connectivity index (χ0v) is 12.4. The second-order valence-electron chi connectivity index (χ2n) is 6.51. The lowest BCUT2D eigenvalue weighted by atomic mass is 10.1. The van der Waals surface area contributed by atoms with Crippen molar-refractivity contribution in [2.24, 2.45) is 0 Å². The summed E-state index contributed by atoms with van der Waals surface area (Å²) in [5.74, 6) is 1.26. The van der Waals surface area contributed by atoms with Crippen LogP contribution in [0.1, 0.15) is 48.5 Å². The van der Waals surface area contributed by atoms with Crippen molar-refractivity contribution in [3.8, 4) is 0 Å². The van der Waals surface area contributed by atoms with Crippen molar-refractivity contribution < 1.29 is 17.0 Å². The van der Waals surface area contributed by atoms with Gasteiger partial charge in [0.15, 0.2) is 0 Å². The molecule has 1 heterocycles. The van der Waals surface area contributed by atoms with E-state index >= 15 is 0 Å². The maximum atomic E-state index is 3.57. The topological polar surface area (TPSA) is 15.0 Å². The zero-order chi connectivity index (χ0) is 11.9. The molecule has 0 atom stereocenters. The van der Waals surface area contributed by atoms with Crippen LogP contribution in [0.3, 0.4) is 0 Å². The molecule has 0 spiro atoms. The smallest absolute Gasteiger partial charge is 0.270 e. The van der Waals surface area contributed by atoms with Gasteiger partial charge in [0.05, 0.1) is 11.1 Å². The SMILES string of the molecule is CC1=CC(NC(C)(C)C)=[N+](C(C)(C)C)C1.[Cl-]. The quantitative estimate of drug-likeness (QED) is 0.571. The van der Waals surface area contributed by atoms with Crippen molar-refractivity contribution in [3.05, 3.63) is 11.6 Å². The lowest BCUT2D eigenvalue weighted by Gasteiger charge is -2.24. The standard InChI is InChI=1S/C13H24N2.ClH/c1-10-8-11(14-12(2,3)4)15(9-10)13(5,6)7;/h8H,9H2,1-7H3;1H. The van der Waals surface area contributed by atoms with Gasteiger partial charge in [0, 0.05) is 6.08 Å². The Kier molecular flexibility index (Phi) is 4.64. The van der Waals surface area contributed by atoms with Gasteiger partial charge in [-0.3, -0.25) is 9.89 Å². The van der Waals surface area contributed by atoms with Gasteiger partial charge >= 0.3 is 0 Å². The summed E-state index contributed by atoms with van der Waals surface area (Å²) in [4.78, 5) is 0. The lowest BCUT2D eigenvalue weighted by Crippen LogP contribution is -3.00. The fraction of sp³-hybridized carbons (Fsp3) is 0.769. The number of hydrogen-bond donors (Lipinski definition) is 1. The molecule has 1 aliphatic rings. The highest BCUT2D eigenvalue weighted by molar-refractivity contribution is 5.91. The maximum Gasteiger partial charge on any atom is 0.270 e. The van der Waals surface area contributed by atoms with Crippen molar-refractivity contribution in [3.63, 3.8) is 0 Å². The predicted octanol–water partition coefficient (Wildman–Crippen LogP) is -0.452. The average Bonchev–Trinajstić information content (AvgIpc) is 2.25. The van der Waals surface area contributed by atoms with E-state index in [-0.39, 0.29) is 23.5 Å². The lowest BCUT2D eigenvalue weighted by molar-refractivity contribution is -0.588. The van der Waals surface area contributed by atoms with Crippen LogP contribution in [0.25, 0.3) is 0 Å². The number of nitrogens with zero attached hydrogens (tertiary/aromatic N) is 1. The number of halogens is 1. The first-order valence-electron chi connectivity index (χ1n) is 5.69. The first-order chi connectivity index (χ1) is 6.59. The van der Waals surface area contributed by atoms with Gasteiger partial charge in [0.2, 0.25) is 0 Å². The Labute approximate surface area is 106 Å². The Morgan fingerprint density at radius 3 is 2.00 bits per heavy atom. The van der Waals surface area contributed by atoms with Crippen molar-refractivity contribution in [1.82, 2.24) is 5.32 Å². The van der Waals surface area contributed by atoms with Gasteiger partial charge in [-0.25, -0.2) is 0 Å². The van der Waals surface area contributed by atoms with Crippen LogP contribution < -0.4 is 17.7 Å². The highest BCUT2D eigenvalue weighted by Crippen LogP contribution is 2.16. The molecular formula is C13H25ClN2. The van der Waals surface area contributed by atoms with Gasteiger partial charge < -0.3 is 12.4 Å². The Morgan fingerprint density at radius 2 is 1.62 bits per heavy atom. The van der Waals surface area contributed by atoms with Gasteiger partial charge in [0.25, 0.3) is 5.84 Å². The largest absolute Gasteiger partial charge is 1.00 e. The minimum absolute atomic E-state index is 0. The first-order valence-corrected chi connectivity index (χ1v) is 5.69. The Hall–Kier alpha value is -0.500. The highest BCUT2D eigenvalue weighted by Gasteiger charge is 2.31. The molecule has 0 aromatic rings. The van der Waals surface area contributed by atoms with E-state index in [0.717, 1.165) is 6.54 Å². The van der Waals surface area contributed by atoms with Crippen molar-refractivity contribution >= 4 is 5.84 Å². The summed E-state index contributed by atoms with van der Waals surface area (Å²) in [6, 6.07) is 0. The molecule has 0 saturated heterocycles. The molecule has 0 aromatic heterocycles. The van der Waals surface area contributed by atoms with E-state index < -0.39 is 0 Å². The molecule has 0 fully saturated rings. The Balaban J connectivity index is 0.00000225. The molecule has 0 saturated carbocycles. The monoisotopic (exact) mass is 244 g/mol. The molecule has 0 bridgehead atoms. The molecule has 0 unspecified atom stereocenters. The van der Waals surface area contributed by atoms with Crippen LogP contribution in [0.2, 0.25) is 0 Å². The van der Waals surface area contributed by atoms with E-state index in [9.17, 15) is 0 Å². The Bertz CT molecular complexity index is 314. The predicted molar refractivity (Wildman–Crippen MR) is 66.5 cm³/mol. The van der Waals surface area contributed by atoms with Crippen LogP contribution in [-0.2, 0) is 0 Å². The molecule has 0 aromatic carbocycles. The minimum Gasteiger partial charge on any atom is -1.00 e. The number of nitrogens with one attached hydrogen (secondary N) is 1. The third-order valence-corrected chi connectivity index (χ3v) is 2.39. The number of hydrogen-bond acceptors (Lipinski definition) is 1. The summed E-state index contributed by atoms with van der Waals surface area (Å²) in [5, 5.41) is 3.57. The van der Waals surface area contributed by atoms with Crippen LogP contribution in [0.4, 0.5) is 0 Å². The molecule has 94 valence electrons. The second kappa shape index (κ2) is 4.79. The molecule has 16 heavy (non-hydrogen) atoms. The van der Waals surface area contributed by atoms with Gasteiger partial charge in [-0.05, 0) is 54.0 Å². The zero-order valence-electron chi connectivity index (χ0n) is 11.6. The third-order valence-electron chi connectivity index (χ3n) is 2.39. The second-order valence-corrected chi connectivity index (χ2v) is 6.51. The third kappa shape index (κ3) is 4.17. The average molecular weight is 245 g/mol. The molecule has 1 rings (SSSR count). The van der Waals surface area contributed by atoms with E-state index in [2.05, 4.69) is 64.4 Å². The fourth-order valence-corrected chi connectivity index (χ4v) is 1.78. The first kappa shape index (κ1) is 15.5. The normalized spacial score (nSPS) is 17.1. The number of amidine groups is 1. The van der Waals surface area contributed by atoms with E-state index in [0.29, 0.717) is 0 Å². The van der Waals surface area contributed by atoms with Crippen molar-refractivity contribution in [2.45, 2.75) is 59.5 Å². The van der Waals surface area contributed by atoms with E-state index in [4.69, 9.17) is 0 Å². The van der Waals surface area contributed by atoms with E-state index in [1.165, 1.54) is 11.4 Å². The van der Waals surface area contributed by atoms with Crippen LogP contribution >= 0.6 is 0 Å². The van der Waals surface area contributed by atoms with E-state index in [1.54, 1.807) is 0 Å². The summed E-state index contributed by atoms with van der Waals surface area (Å²) >= 11 is 0. The molecule has 1 aliphatic heterocycles. The van der Waals surface area contributed by atoms with Crippen molar-refractivity contribution in [2.75, 3.05) is 6.54 Å². The van der Waals surface area contributed by atoms with Gasteiger partial charge in [-0.15, -0.1) is 0 Å². The van der Waals surface area contributed by atoms with Crippen LogP contribution in [0.15, 0.2) is 11.6 Å². The highest BCUT2D eigenvalue weighted by atomic mass is 35.5. The van der Waals surface area contributed by atoms with Gasteiger partial charge in [0.1, 0.15) is 6.54 Å². The Morgan fingerprint density at radius 1 is 1.12 bits per heavy atom. The van der Waals surface area contributed by atoms with Crippen LogP contribution in [0.5, 0.6) is 0 Å². The molecule has 0 amide bonds. The fourth-order valence-electron chi connectivity index (χ4n) is 1.78. The summed E-state index contributed by atoms with van der Waals surface area (Å²) < 4.78 is 2.42. The summed E-state index contributed by atoms with van der Waals surface area (Å²) in [5.41, 5.74) is 1.73. The molecule has 0 radical (unpaired) electrons. The van der Waals surface area contributed by atoms with Gasteiger partial charge in [-0.2, -0.15) is 0 Å². The summed E-state index contributed by atoms with van der Waals surface area (Å²) in [6.45, 7) is 16.6. The summed E-state index contributed by atoms with van der Waals surface area (Å²) in [7, 11) is 0. The molecule has 0 aliphatic carbocycles. The maximum absolute atomic E-state index is 3.57. The molecular weight excluding hydrogens is 220 g/mol. The van der Waals surface area contributed by atoms with Crippen LogP contribution in [-0.4, -0.2) is 28.0 Å². The molecule has 3 heteroatoms. The van der Waals surface area contributed by atoms with Crippen LogP contribution in [0, 0.1) is 0 Å². The summed E-state index contributed by atoms with van der Waals surface area (Å²) in [6.07, 6.45) is 2.26. The van der Waals surface area contributed by atoms with Crippen molar-refractivity contribution in [1.29, 1.82) is 0 Å². The number of rotatable bonds is 0. The van der Waals surface area contributed by atoms with Gasteiger partial charge in [-0.1, -0.05) is 0 Å². The van der Waals surface area contributed by atoms with E-state index in [1.807, 2.05) is 0 Å². The molecule has 2 nitrogen and oxygen atoms in total. The minimum atomic E-state index is 0. The molecule has 1 N–H and O–H groups in total.